The lowest BCUT2D eigenvalue weighted by Crippen LogP contribution is -2.13. The molecule has 0 atom stereocenters. The van der Waals surface area contributed by atoms with E-state index in [2.05, 4.69) is 4.85 Å². The van der Waals surface area contributed by atoms with Crippen LogP contribution in [0.25, 0.3) is 4.85 Å². The van der Waals surface area contributed by atoms with E-state index in [1.807, 2.05) is 13.8 Å². The van der Waals surface area contributed by atoms with Crippen LogP contribution in [-0.4, -0.2) is 17.3 Å². The zero-order chi connectivity index (χ0) is 8.04. The molecule has 0 unspecified atom stereocenters. The van der Waals surface area contributed by atoms with Crippen molar-refractivity contribution in [3.05, 3.63) is 11.4 Å². The average Bonchev–Trinajstić information content (AvgIpc) is 1.89. The fourth-order valence-electron chi connectivity index (χ4n) is 0.725. The van der Waals surface area contributed by atoms with Crippen molar-refractivity contribution in [2.75, 3.05) is 6.61 Å². The van der Waals surface area contributed by atoms with E-state index < -0.39 is 0 Å². The van der Waals surface area contributed by atoms with E-state index in [4.69, 9.17) is 11.7 Å². The summed E-state index contributed by atoms with van der Waals surface area (Å²) in [6.07, 6.45) is 2.65. The molecule has 0 aromatic rings. The van der Waals surface area contributed by atoms with Crippen LogP contribution in [0, 0.1) is 6.57 Å². The Balaban J connectivity index is 3.40. The van der Waals surface area contributed by atoms with Gasteiger partial charge >= 0.3 is 0 Å². The second kappa shape index (κ2) is 4.29. The summed E-state index contributed by atoms with van der Waals surface area (Å²) < 4.78 is 0. The molecule has 0 aliphatic carbocycles. The summed E-state index contributed by atoms with van der Waals surface area (Å²) in [4.78, 5) is 3.46. The van der Waals surface area contributed by atoms with Crippen molar-refractivity contribution in [3.8, 4) is 0 Å². The molecule has 2 nitrogen and oxygen atoms in total. The fourth-order valence-corrected chi connectivity index (χ4v) is 0.725. The standard InChI is InChI=1S/C8H15NO/c1-8(2,9-3)6-4-5-7-10/h10H,4-7H2,1-2H3. The molecule has 0 bridgehead atoms. The predicted molar refractivity (Wildman–Crippen MR) is 41.6 cm³/mol. The molecule has 0 aromatic carbocycles. The first kappa shape index (κ1) is 9.45. The first-order valence-electron chi connectivity index (χ1n) is 3.62. The summed E-state index contributed by atoms with van der Waals surface area (Å²) in [5.41, 5.74) is -0.227. The van der Waals surface area contributed by atoms with Gasteiger partial charge in [-0.25, -0.2) is 6.57 Å². The molecule has 0 aromatic heterocycles. The highest BCUT2D eigenvalue weighted by Crippen LogP contribution is 2.16. The molecule has 2 heteroatoms. The Kier molecular flexibility index (Phi) is 4.06. The highest BCUT2D eigenvalue weighted by Gasteiger charge is 2.20. The van der Waals surface area contributed by atoms with Crippen LogP contribution in [0.5, 0.6) is 0 Å². The second-order valence-electron chi connectivity index (χ2n) is 3.10. The summed E-state index contributed by atoms with van der Waals surface area (Å²) in [6.45, 7) is 10.9. The topological polar surface area (TPSA) is 24.6 Å². The Labute approximate surface area is 62.7 Å². The SMILES string of the molecule is [C-]#[N+]C(C)(C)CCCCO. The first-order chi connectivity index (χ1) is 4.62. The molecule has 0 aliphatic rings. The zero-order valence-electron chi connectivity index (χ0n) is 6.72. The Morgan fingerprint density at radius 2 is 2.00 bits per heavy atom. The van der Waals surface area contributed by atoms with E-state index in [1.165, 1.54) is 0 Å². The molecule has 0 rings (SSSR count). The molecular weight excluding hydrogens is 126 g/mol. The van der Waals surface area contributed by atoms with Gasteiger partial charge in [0.1, 0.15) is 0 Å². The van der Waals surface area contributed by atoms with E-state index in [9.17, 15) is 0 Å². The molecule has 0 heterocycles. The third-order valence-electron chi connectivity index (χ3n) is 1.50. The van der Waals surface area contributed by atoms with E-state index in [1.54, 1.807) is 0 Å². The molecule has 1 N–H and O–H groups in total. The molecular formula is C8H15NO. The number of aliphatic hydroxyl groups is 1. The maximum Gasteiger partial charge on any atom is 0.227 e. The summed E-state index contributed by atoms with van der Waals surface area (Å²) in [6, 6.07) is 0. The number of hydrogen-bond donors (Lipinski definition) is 1. The van der Waals surface area contributed by atoms with E-state index >= 15 is 0 Å². The number of unbranched alkanes of at least 4 members (excludes halogenated alkanes) is 1. The van der Waals surface area contributed by atoms with Gasteiger partial charge in [-0.05, 0) is 12.8 Å². The van der Waals surface area contributed by atoms with E-state index in [0.29, 0.717) is 0 Å². The largest absolute Gasteiger partial charge is 0.396 e. The number of nitrogens with zero attached hydrogens (tertiary/aromatic N) is 1. The normalized spacial score (nSPS) is 11.0. The summed E-state index contributed by atoms with van der Waals surface area (Å²) in [7, 11) is 0. The lowest BCUT2D eigenvalue weighted by atomic mass is 9.99. The smallest absolute Gasteiger partial charge is 0.227 e. The number of aliphatic hydroxyl groups excluding tert-OH is 1. The van der Waals surface area contributed by atoms with Crippen LogP contribution in [0.15, 0.2) is 0 Å². The maximum atomic E-state index is 8.46. The van der Waals surface area contributed by atoms with Crippen molar-refractivity contribution in [1.29, 1.82) is 0 Å². The van der Waals surface area contributed by atoms with Gasteiger partial charge in [-0.3, -0.25) is 0 Å². The van der Waals surface area contributed by atoms with Gasteiger partial charge in [0.15, 0.2) is 0 Å². The minimum absolute atomic E-state index is 0.227. The minimum atomic E-state index is -0.227. The van der Waals surface area contributed by atoms with Crippen molar-refractivity contribution in [2.45, 2.75) is 38.6 Å². The lowest BCUT2D eigenvalue weighted by Gasteiger charge is -2.09. The van der Waals surface area contributed by atoms with Gasteiger partial charge in [-0.1, -0.05) is 0 Å². The summed E-state index contributed by atoms with van der Waals surface area (Å²) in [5, 5.41) is 8.46. The fraction of sp³-hybridized carbons (Fsp3) is 0.875. The zero-order valence-corrected chi connectivity index (χ0v) is 6.72. The van der Waals surface area contributed by atoms with Gasteiger partial charge in [-0.15, -0.1) is 0 Å². The van der Waals surface area contributed by atoms with Gasteiger partial charge in [0.2, 0.25) is 5.54 Å². The molecule has 0 saturated carbocycles. The Bertz CT molecular complexity index is 124. The van der Waals surface area contributed by atoms with Gasteiger partial charge < -0.3 is 9.95 Å². The molecule has 58 valence electrons. The Morgan fingerprint density at radius 3 is 2.40 bits per heavy atom. The van der Waals surface area contributed by atoms with Crippen LogP contribution in [0.1, 0.15) is 33.1 Å². The highest BCUT2D eigenvalue weighted by molar-refractivity contribution is 4.88. The van der Waals surface area contributed by atoms with Crippen LogP contribution in [0.3, 0.4) is 0 Å². The van der Waals surface area contributed by atoms with Crippen LogP contribution in [-0.2, 0) is 0 Å². The highest BCUT2D eigenvalue weighted by atomic mass is 16.2. The van der Waals surface area contributed by atoms with Crippen molar-refractivity contribution in [3.63, 3.8) is 0 Å². The van der Waals surface area contributed by atoms with Crippen LogP contribution in [0.2, 0.25) is 0 Å². The Hall–Kier alpha value is -0.550. The van der Waals surface area contributed by atoms with E-state index in [0.717, 1.165) is 19.3 Å². The quantitative estimate of drug-likeness (QED) is 0.469. The maximum absolute atomic E-state index is 8.46. The van der Waals surface area contributed by atoms with Gasteiger partial charge in [-0.2, -0.15) is 0 Å². The van der Waals surface area contributed by atoms with Gasteiger partial charge in [0.05, 0.1) is 0 Å². The lowest BCUT2D eigenvalue weighted by molar-refractivity contribution is 0.279. The monoisotopic (exact) mass is 141 g/mol. The molecule has 0 aliphatic heterocycles. The number of rotatable bonds is 4. The Morgan fingerprint density at radius 1 is 1.40 bits per heavy atom. The predicted octanol–water partition coefficient (Wildman–Crippen LogP) is 1.85. The molecule has 0 amide bonds. The van der Waals surface area contributed by atoms with Crippen molar-refractivity contribution < 1.29 is 5.11 Å². The van der Waals surface area contributed by atoms with Gasteiger partial charge in [0, 0.05) is 26.9 Å². The third kappa shape index (κ3) is 4.34. The average molecular weight is 141 g/mol. The molecule has 0 spiro atoms. The van der Waals surface area contributed by atoms with E-state index in [-0.39, 0.29) is 12.1 Å². The number of hydrogen-bond acceptors (Lipinski definition) is 1. The molecule has 0 radical (unpaired) electrons. The van der Waals surface area contributed by atoms with Crippen molar-refractivity contribution >= 4 is 0 Å². The molecule has 10 heavy (non-hydrogen) atoms. The summed E-state index contributed by atoms with van der Waals surface area (Å²) in [5.74, 6) is 0. The molecule has 0 saturated heterocycles. The summed E-state index contributed by atoms with van der Waals surface area (Å²) >= 11 is 0. The third-order valence-corrected chi connectivity index (χ3v) is 1.50. The van der Waals surface area contributed by atoms with Crippen molar-refractivity contribution in [1.82, 2.24) is 0 Å². The second-order valence-corrected chi connectivity index (χ2v) is 3.10. The van der Waals surface area contributed by atoms with Crippen LogP contribution >= 0.6 is 0 Å². The van der Waals surface area contributed by atoms with Crippen LogP contribution in [0.4, 0.5) is 0 Å². The van der Waals surface area contributed by atoms with Crippen LogP contribution < -0.4 is 0 Å². The van der Waals surface area contributed by atoms with Crippen molar-refractivity contribution in [2.24, 2.45) is 0 Å². The minimum Gasteiger partial charge on any atom is -0.396 e. The first-order valence-corrected chi connectivity index (χ1v) is 3.62. The van der Waals surface area contributed by atoms with Gasteiger partial charge in [0.25, 0.3) is 0 Å². The molecule has 0 fully saturated rings.